The molecule has 2 rings (SSSR count). The SMILES string of the molecule is CCCC[P+](CCCC)(CCCC)CCCC(=O)CCC(=O)OC1[C@@H](CC)O[C@@H](n2ccc(=O)[nH]c2=O)[C@H]1O[Si](C(C)C)(C(C)C)C(C)C. The number of aromatic amines is 1. The molecule has 1 aromatic rings. The van der Waals surface area contributed by atoms with Gasteiger partial charge >= 0.3 is 11.7 Å². The molecule has 49 heavy (non-hydrogen) atoms. The molecule has 2 heterocycles. The summed E-state index contributed by atoms with van der Waals surface area (Å²) in [6, 6.07) is 1.29. The van der Waals surface area contributed by atoms with E-state index in [0.717, 1.165) is 6.42 Å². The van der Waals surface area contributed by atoms with Crippen LogP contribution in [0.25, 0.3) is 0 Å². The van der Waals surface area contributed by atoms with E-state index in [1.165, 1.54) is 80.0 Å². The molecule has 1 aromatic heterocycles. The van der Waals surface area contributed by atoms with Crippen LogP contribution in [0.5, 0.6) is 0 Å². The van der Waals surface area contributed by atoms with Crippen molar-refractivity contribution in [2.45, 2.75) is 181 Å². The molecular weight excluding hydrogens is 655 g/mol. The summed E-state index contributed by atoms with van der Waals surface area (Å²) in [6.07, 6.45) is 13.3. The minimum atomic E-state index is -2.53. The van der Waals surface area contributed by atoms with E-state index in [1.807, 2.05) is 6.92 Å². The Kier molecular flexibility index (Phi) is 18.7. The predicted octanol–water partition coefficient (Wildman–Crippen LogP) is 8.86. The third kappa shape index (κ3) is 12.0. The second-order valence-corrected chi connectivity index (χ2v) is 25.2. The van der Waals surface area contributed by atoms with Crippen molar-refractivity contribution in [2.24, 2.45) is 0 Å². The minimum absolute atomic E-state index is 0.00463. The van der Waals surface area contributed by atoms with Gasteiger partial charge < -0.3 is 13.9 Å². The Morgan fingerprint density at radius 3 is 1.82 bits per heavy atom. The molecule has 4 atom stereocenters. The van der Waals surface area contributed by atoms with Crippen molar-refractivity contribution in [3.63, 3.8) is 0 Å². The van der Waals surface area contributed by atoms with E-state index < -0.39 is 57.3 Å². The summed E-state index contributed by atoms with van der Waals surface area (Å²) in [7, 11) is -3.60. The van der Waals surface area contributed by atoms with E-state index in [1.54, 1.807) is 0 Å². The number of carbonyl (C=O) groups is 2. The Bertz CT molecular complexity index is 1220. The predicted molar refractivity (Wildman–Crippen MR) is 206 cm³/mol. The Morgan fingerprint density at radius 1 is 0.816 bits per heavy atom. The highest BCUT2D eigenvalue weighted by Crippen LogP contribution is 2.61. The number of hydrogen-bond acceptors (Lipinski definition) is 7. The Labute approximate surface area is 298 Å². The van der Waals surface area contributed by atoms with Crippen LogP contribution in [-0.4, -0.2) is 72.6 Å². The minimum Gasteiger partial charge on any atom is -0.457 e. The molecule has 1 aliphatic rings. The highest BCUT2D eigenvalue weighted by atomic mass is 31.2. The molecule has 0 bridgehead atoms. The Morgan fingerprint density at radius 2 is 1.35 bits per heavy atom. The molecule has 1 N–H and O–H groups in total. The van der Waals surface area contributed by atoms with Crippen molar-refractivity contribution >= 4 is 27.3 Å². The highest BCUT2D eigenvalue weighted by Gasteiger charge is 2.55. The second kappa shape index (κ2) is 21.0. The number of ether oxygens (including phenoxy) is 2. The van der Waals surface area contributed by atoms with Gasteiger partial charge in [-0.05, 0) is 48.7 Å². The molecule has 11 heteroatoms. The van der Waals surface area contributed by atoms with Gasteiger partial charge in [0.25, 0.3) is 5.56 Å². The molecule has 9 nitrogen and oxygen atoms in total. The first kappa shape index (κ1) is 43.6. The van der Waals surface area contributed by atoms with E-state index >= 15 is 0 Å². The van der Waals surface area contributed by atoms with Crippen LogP contribution in [0.1, 0.15) is 146 Å². The van der Waals surface area contributed by atoms with Crippen molar-refractivity contribution in [3.05, 3.63) is 33.1 Å². The topological polar surface area (TPSA) is 117 Å². The van der Waals surface area contributed by atoms with E-state index in [2.05, 4.69) is 67.3 Å². The van der Waals surface area contributed by atoms with E-state index in [4.69, 9.17) is 13.9 Å². The second-order valence-electron chi connectivity index (χ2n) is 15.3. The number of hydrogen-bond donors (Lipinski definition) is 1. The van der Waals surface area contributed by atoms with Gasteiger partial charge in [-0.15, -0.1) is 0 Å². The maximum atomic E-state index is 13.4. The van der Waals surface area contributed by atoms with Crippen LogP contribution in [0.3, 0.4) is 0 Å². The lowest BCUT2D eigenvalue weighted by Gasteiger charge is -2.45. The number of carbonyl (C=O) groups excluding carboxylic acids is 2. The Hall–Kier alpha value is -1.61. The quantitative estimate of drug-likeness (QED) is 0.0643. The molecule has 1 saturated heterocycles. The van der Waals surface area contributed by atoms with Crippen molar-refractivity contribution in [1.82, 2.24) is 9.55 Å². The molecule has 282 valence electrons. The smallest absolute Gasteiger partial charge is 0.330 e. The van der Waals surface area contributed by atoms with Crippen LogP contribution in [0.4, 0.5) is 0 Å². The van der Waals surface area contributed by atoms with Crippen LogP contribution in [-0.2, 0) is 23.5 Å². The fraction of sp³-hybridized carbons (Fsp3) is 0.842. The molecule has 0 radical (unpaired) electrons. The summed E-state index contributed by atoms with van der Waals surface area (Å²) < 4.78 is 21.1. The van der Waals surface area contributed by atoms with Crippen molar-refractivity contribution < 1.29 is 23.5 Å². The number of unbranched alkanes of at least 4 members (excludes halogenated alkanes) is 3. The number of ketones is 1. The zero-order valence-electron chi connectivity index (χ0n) is 32.6. The number of nitrogens with zero attached hydrogens (tertiary/aromatic N) is 1. The zero-order chi connectivity index (χ0) is 36.8. The lowest BCUT2D eigenvalue weighted by atomic mass is 10.1. The molecule has 0 aromatic carbocycles. The number of rotatable bonds is 24. The maximum absolute atomic E-state index is 13.4. The average Bonchev–Trinajstić information content (AvgIpc) is 3.38. The van der Waals surface area contributed by atoms with E-state index in [-0.39, 0.29) is 35.2 Å². The van der Waals surface area contributed by atoms with Gasteiger partial charge in [-0.3, -0.25) is 23.9 Å². The first-order valence-corrected chi connectivity index (χ1v) is 24.1. The van der Waals surface area contributed by atoms with Crippen molar-refractivity contribution in [1.29, 1.82) is 0 Å². The van der Waals surface area contributed by atoms with Gasteiger partial charge in [0.05, 0.1) is 37.2 Å². The molecule has 0 aliphatic carbocycles. The number of H-pyrrole nitrogens is 1. The van der Waals surface area contributed by atoms with Crippen LogP contribution in [0, 0.1) is 0 Å². The standard InChI is InChI=1S/C38H69N2O7PSi/c1-11-15-24-48(25-16-12-2,26-17-13-3)27-18-19-31(41)20-21-34(43)46-35-32(14-4)45-37(40-23-22-33(42)39-38(40)44)36(35)47-49(28(5)6,29(7)8)30(9)10/h22-23,28-30,32,35-37H,11-21,24-27H2,1-10H3/p+1/t32-,35?,36+,37-/m1/s1. The molecule has 0 saturated carbocycles. The summed E-state index contributed by atoms with van der Waals surface area (Å²) in [4.78, 5) is 53.8. The first-order chi connectivity index (χ1) is 23.2. The number of esters is 1. The molecule has 1 fully saturated rings. The summed E-state index contributed by atoms with van der Waals surface area (Å²) in [5, 5.41) is 0. The van der Waals surface area contributed by atoms with Gasteiger partial charge in [0.2, 0.25) is 8.32 Å². The van der Waals surface area contributed by atoms with Crippen LogP contribution >= 0.6 is 7.26 Å². The number of aromatic nitrogens is 2. The normalized spacial score (nSPS) is 20.1. The molecular formula is C38H70N2O7PSi+. The molecule has 0 amide bonds. The highest BCUT2D eigenvalue weighted by molar-refractivity contribution is 7.75. The number of nitrogens with one attached hydrogen (secondary N) is 1. The largest absolute Gasteiger partial charge is 0.457 e. The van der Waals surface area contributed by atoms with E-state index in [9.17, 15) is 19.2 Å². The molecule has 0 spiro atoms. The van der Waals surface area contributed by atoms with Gasteiger partial charge in [-0.1, -0.05) is 88.5 Å². The fourth-order valence-electron chi connectivity index (χ4n) is 8.14. The molecule has 1 unspecified atom stereocenters. The number of Topliss-reactive ketones (excluding diaryl/α,β-unsaturated/α-hetero) is 1. The lowest BCUT2D eigenvalue weighted by molar-refractivity contribution is -0.156. The molecule has 1 aliphatic heterocycles. The van der Waals surface area contributed by atoms with Gasteiger partial charge in [0.1, 0.15) is 11.9 Å². The average molecular weight is 726 g/mol. The van der Waals surface area contributed by atoms with Gasteiger partial charge in [0.15, 0.2) is 12.3 Å². The summed E-state index contributed by atoms with van der Waals surface area (Å²) in [5.74, 6) is -0.340. The summed E-state index contributed by atoms with van der Waals surface area (Å²) in [5.41, 5.74) is -0.385. The fourth-order valence-corrected chi connectivity index (χ4v) is 18.8. The van der Waals surface area contributed by atoms with Crippen molar-refractivity contribution in [3.8, 4) is 0 Å². The monoisotopic (exact) mass is 725 g/mol. The summed E-state index contributed by atoms with van der Waals surface area (Å²) in [6.45, 7) is 21.8. The van der Waals surface area contributed by atoms with Crippen molar-refractivity contribution in [2.75, 3.05) is 24.6 Å². The van der Waals surface area contributed by atoms with Gasteiger partial charge in [-0.25, -0.2) is 4.79 Å². The van der Waals surface area contributed by atoms with Gasteiger partial charge in [-0.2, -0.15) is 0 Å². The third-order valence-electron chi connectivity index (χ3n) is 10.8. The maximum Gasteiger partial charge on any atom is 0.330 e. The third-order valence-corrected chi connectivity index (χ3v) is 21.9. The first-order valence-electron chi connectivity index (χ1n) is 19.4. The lowest BCUT2D eigenvalue weighted by Crippen LogP contribution is -2.54. The van der Waals surface area contributed by atoms with E-state index in [0.29, 0.717) is 12.8 Å². The van der Waals surface area contributed by atoms with Crippen LogP contribution < -0.4 is 11.2 Å². The Balaban J connectivity index is 2.23. The van der Waals surface area contributed by atoms with Crippen LogP contribution in [0.15, 0.2) is 21.9 Å². The van der Waals surface area contributed by atoms with Crippen LogP contribution in [0.2, 0.25) is 16.6 Å². The zero-order valence-corrected chi connectivity index (χ0v) is 34.4. The summed E-state index contributed by atoms with van der Waals surface area (Å²) >= 11 is 0. The van der Waals surface area contributed by atoms with Gasteiger partial charge in [0, 0.05) is 32.4 Å².